The van der Waals surface area contributed by atoms with Crippen molar-refractivity contribution in [1.82, 2.24) is 10.3 Å². The molecule has 23 heavy (non-hydrogen) atoms. The number of nitrogens with zero attached hydrogens (tertiary/aromatic N) is 3. The Balaban J connectivity index is 0.00000127. The maximum absolute atomic E-state index is 10.9. The van der Waals surface area contributed by atoms with Gasteiger partial charge in [-0.3, -0.25) is 10.1 Å². The fourth-order valence-corrected chi connectivity index (χ4v) is 1.95. The molecule has 1 aromatic heterocycles. The molecule has 6 heteroatoms. The van der Waals surface area contributed by atoms with E-state index in [-0.39, 0.29) is 12.1 Å². The first kappa shape index (κ1) is 18.3. The van der Waals surface area contributed by atoms with Gasteiger partial charge < -0.3 is 0 Å². The van der Waals surface area contributed by atoms with Crippen molar-refractivity contribution in [1.29, 1.82) is 0 Å². The Bertz CT molecular complexity index is 652. The lowest BCUT2D eigenvalue weighted by Crippen LogP contribution is -2.05. The highest BCUT2D eigenvalue weighted by Gasteiger charge is 2.18. The molecule has 1 heterocycles. The van der Waals surface area contributed by atoms with Crippen LogP contribution in [0.5, 0.6) is 0 Å². The summed E-state index contributed by atoms with van der Waals surface area (Å²) < 4.78 is 4.74. The number of aromatic nitrogens is 2. The first-order valence-corrected chi connectivity index (χ1v) is 7.48. The molecule has 0 saturated heterocycles. The highest BCUT2D eigenvalue weighted by atomic mass is 16.6. The van der Waals surface area contributed by atoms with Crippen LogP contribution in [-0.4, -0.2) is 15.2 Å². The molecule has 0 radical (unpaired) electrons. The number of hydrogen-bond acceptors (Lipinski definition) is 5. The van der Waals surface area contributed by atoms with E-state index in [9.17, 15) is 10.1 Å². The third-order valence-corrected chi connectivity index (χ3v) is 2.99. The molecule has 0 N–H and O–H groups in total. The van der Waals surface area contributed by atoms with Gasteiger partial charge in [-0.05, 0) is 6.42 Å². The molecule has 1 aromatic rings. The predicted molar refractivity (Wildman–Crippen MR) is 89.3 cm³/mol. The Morgan fingerprint density at radius 1 is 1.35 bits per heavy atom. The van der Waals surface area contributed by atoms with Crippen LogP contribution in [0.3, 0.4) is 0 Å². The van der Waals surface area contributed by atoms with E-state index in [0.717, 1.165) is 12.0 Å². The van der Waals surface area contributed by atoms with Crippen LogP contribution in [-0.2, 0) is 12.8 Å². The molecule has 0 spiro atoms. The van der Waals surface area contributed by atoms with Crippen molar-refractivity contribution < 1.29 is 9.55 Å². The Morgan fingerprint density at radius 2 is 2.09 bits per heavy atom. The first-order chi connectivity index (χ1) is 11.2. The minimum Gasteiger partial charge on any atom is -0.259 e. The molecule has 0 amide bonds. The summed E-state index contributed by atoms with van der Waals surface area (Å²) in [6, 6.07) is 0. The van der Waals surface area contributed by atoms with Gasteiger partial charge in [-0.15, -0.1) is 0 Å². The third kappa shape index (κ3) is 5.86. The number of nitro groups is 1. The summed E-state index contributed by atoms with van der Waals surface area (Å²) >= 11 is 0. The highest BCUT2D eigenvalue weighted by Crippen LogP contribution is 2.17. The largest absolute Gasteiger partial charge is 0.259 e. The van der Waals surface area contributed by atoms with Crippen LogP contribution >= 0.6 is 0 Å². The van der Waals surface area contributed by atoms with Gasteiger partial charge in [0.2, 0.25) is 0 Å². The van der Waals surface area contributed by atoms with E-state index in [4.69, 9.17) is 4.63 Å². The van der Waals surface area contributed by atoms with Gasteiger partial charge in [0.25, 0.3) is 5.70 Å². The van der Waals surface area contributed by atoms with Gasteiger partial charge >= 0.3 is 0 Å². The normalized spacial score (nSPS) is 13.7. The minimum atomic E-state index is -0.448. The molecule has 0 bridgehead atoms. The predicted octanol–water partition coefficient (Wildman–Crippen LogP) is 3.97. The standard InChI is InChI=1S/C15H15N3O3.C2H6/c1-2-7-13(18(19)20)11-15-14(16-21-17-15)10-12-8-5-3-4-6-9-12;1-2/h2-8H,1,9-11H2;1-2H3/b13-7+;. The maximum atomic E-state index is 10.9. The number of hydrogen-bond donors (Lipinski definition) is 0. The van der Waals surface area contributed by atoms with E-state index in [0.29, 0.717) is 17.8 Å². The third-order valence-electron chi connectivity index (χ3n) is 2.99. The van der Waals surface area contributed by atoms with E-state index in [1.54, 1.807) is 0 Å². The van der Waals surface area contributed by atoms with E-state index < -0.39 is 4.92 Å². The van der Waals surface area contributed by atoms with Crippen molar-refractivity contribution in [3.05, 3.63) is 81.9 Å². The van der Waals surface area contributed by atoms with Crippen LogP contribution in [0.15, 0.2) is 65.0 Å². The Kier molecular flexibility index (Phi) is 7.99. The van der Waals surface area contributed by atoms with Crippen molar-refractivity contribution in [2.24, 2.45) is 0 Å². The highest BCUT2D eigenvalue weighted by molar-refractivity contribution is 5.28. The summed E-state index contributed by atoms with van der Waals surface area (Å²) in [4.78, 5) is 10.5. The van der Waals surface area contributed by atoms with E-state index in [1.807, 2.05) is 44.2 Å². The van der Waals surface area contributed by atoms with Crippen LogP contribution in [0, 0.1) is 10.1 Å². The van der Waals surface area contributed by atoms with Crippen LogP contribution in [0.1, 0.15) is 31.7 Å². The molecule has 0 fully saturated rings. The topological polar surface area (TPSA) is 82.1 Å². The Hall–Kier alpha value is -2.76. The zero-order chi connectivity index (χ0) is 17.1. The van der Waals surface area contributed by atoms with Crippen LogP contribution < -0.4 is 0 Å². The van der Waals surface area contributed by atoms with Crippen molar-refractivity contribution in [2.45, 2.75) is 33.1 Å². The smallest absolute Gasteiger partial charge is 0.252 e. The van der Waals surface area contributed by atoms with E-state index >= 15 is 0 Å². The Labute approximate surface area is 135 Å². The summed E-state index contributed by atoms with van der Waals surface area (Å²) in [6.45, 7) is 7.47. The number of rotatable bonds is 6. The van der Waals surface area contributed by atoms with Gasteiger partial charge in [-0.25, -0.2) is 4.63 Å². The van der Waals surface area contributed by atoms with Gasteiger partial charge in [-0.1, -0.05) is 72.8 Å². The first-order valence-electron chi connectivity index (χ1n) is 7.48. The Morgan fingerprint density at radius 3 is 2.78 bits per heavy atom. The molecular formula is C17H21N3O3. The van der Waals surface area contributed by atoms with E-state index in [2.05, 4.69) is 16.9 Å². The zero-order valence-electron chi connectivity index (χ0n) is 13.4. The average Bonchev–Trinajstić information content (AvgIpc) is 2.82. The summed E-state index contributed by atoms with van der Waals surface area (Å²) in [6.07, 6.45) is 14.1. The summed E-state index contributed by atoms with van der Waals surface area (Å²) in [5.41, 5.74) is 2.27. The maximum Gasteiger partial charge on any atom is 0.252 e. The molecule has 0 aliphatic heterocycles. The molecule has 0 saturated carbocycles. The van der Waals surface area contributed by atoms with Crippen LogP contribution in [0.25, 0.3) is 0 Å². The molecule has 6 nitrogen and oxygen atoms in total. The van der Waals surface area contributed by atoms with Gasteiger partial charge in [0, 0.05) is 12.5 Å². The molecular weight excluding hydrogens is 294 g/mol. The molecule has 0 aromatic carbocycles. The lowest BCUT2D eigenvalue weighted by molar-refractivity contribution is -0.427. The van der Waals surface area contributed by atoms with E-state index in [1.165, 1.54) is 12.2 Å². The SMILES string of the molecule is C=C/C=C(\Cc1nonc1CC1=CC=CC=CC1)[N+](=O)[O-].CC. The lowest BCUT2D eigenvalue weighted by atomic mass is 10.0. The summed E-state index contributed by atoms with van der Waals surface area (Å²) in [5, 5.41) is 18.6. The van der Waals surface area contributed by atoms with Crippen molar-refractivity contribution in [2.75, 3.05) is 0 Å². The monoisotopic (exact) mass is 315 g/mol. The quantitative estimate of drug-likeness (QED) is 0.450. The van der Waals surface area contributed by atoms with Gasteiger partial charge in [-0.2, -0.15) is 0 Å². The molecule has 0 atom stereocenters. The van der Waals surface area contributed by atoms with Crippen molar-refractivity contribution in [3.63, 3.8) is 0 Å². The van der Waals surface area contributed by atoms with Crippen molar-refractivity contribution >= 4 is 0 Å². The minimum absolute atomic E-state index is 0.0107. The molecule has 1 aliphatic carbocycles. The van der Waals surface area contributed by atoms with Gasteiger partial charge in [0.1, 0.15) is 11.4 Å². The fourth-order valence-electron chi connectivity index (χ4n) is 1.95. The second kappa shape index (κ2) is 10.0. The zero-order valence-corrected chi connectivity index (χ0v) is 13.4. The summed E-state index contributed by atoms with van der Waals surface area (Å²) in [7, 11) is 0. The van der Waals surface area contributed by atoms with Gasteiger partial charge in [0.15, 0.2) is 0 Å². The second-order valence-corrected chi connectivity index (χ2v) is 4.50. The fraction of sp³-hybridized carbons (Fsp3) is 0.294. The lowest BCUT2D eigenvalue weighted by Gasteiger charge is -2.01. The molecule has 0 unspecified atom stereocenters. The van der Waals surface area contributed by atoms with Crippen LogP contribution in [0.2, 0.25) is 0 Å². The summed E-state index contributed by atoms with van der Waals surface area (Å²) in [5.74, 6) is 0. The average molecular weight is 315 g/mol. The molecule has 122 valence electrons. The van der Waals surface area contributed by atoms with Crippen LogP contribution in [0.4, 0.5) is 0 Å². The van der Waals surface area contributed by atoms with Gasteiger partial charge in [0.05, 0.1) is 11.3 Å². The van der Waals surface area contributed by atoms with Crippen molar-refractivity contribution in [3.8, 4) is 0 Å². The molecule has 1 aliphatic rings. The molecule has 2 rings (SSSR count). The second-order valence-electron chi connectivity index (χ2n) is 4.50. The number of allylic oxidation sites excluding steroid dienone is 9.